The zero-order chi connectivity index (χ0) is 15.2. The van der Waals surface area contributed by atoms with Gasteiger partial charge in [0.25, 0.3) is 0 Å². The van der Waals surface area contributed by atoms with Crippen LogP contribution >= 0.6 is 0 Å². The molecule has 1 atom stereocenters. The fourth-order valence-electron chi connectivity index (χ4n) is 2.58. The molecule has 0 aliphatic heterocycles. The lowest BCUT2D eigenvalue weighted by Gasteiger charge is -2.26. The van der Waals surface area contributed by atoms with E-state index >= 15 is 0 Å². The molecule has 0 aromatic heterocycles. The number of hydrogen-bond donors (Lipinski definition) is 0. The average Bonchev–Trinajstić information content (AvgIpc) is 3.29. The highest BCUT2D eigenvalue weighted by Crippen LogP contribution is 2.28. The lowest BCUT2D eigenvalue weighted by atomic mass is 10.1. The van der Waals surface area contributed by atoms with Gasteiger partial charge in [0.05, 0.1) is 5.92 Å². The Kier molecular flexibility index (Phi) is 5.80. The summed E-state index contributed by atoms with van der Waals surface area (Å²) in [5, 5.41) is 0. The first-order chi connectivity index (χ1) is 10.1. The van der Waals surface area contributed by atoms with Gasteiger partial charge < -0.3 is 4.74 Å². The molecule has 1 aliphatic rings. The van der Waals surface area contributed by atoms with Crippen LogP contribution in [0.3, 0.4) is 0 Å². The Morgan fingerprint density at radius 2 is 1.86 bits per heavy atom. The summed E-state index contributed by atoms with van der Waals surface area (Å²) in [5.41, 5.74) is 1.04. The van der Waals surface area contributed by atoms with Crippen molar-refractivity contribution in [1.29, 1.82) is 0 Å². The molecule has 0 saturated heterocycles. The maximum absolute atomic E-state index is 12.1. The highest BCUT2D eigenvalue weighted by atomic mass is 16.5. The van der Waals surface area contributed by atoms with Crippen molar-refractivity contribution < 1.29 is 9.53 Å². The molecule has 1 aromatic rings. The van der Waals surface area contributed by atoms with E-state index in [1.165, 1.54) is 12.8 Å². The van der Waals surface area contributed by atoms with Gasteiger partial charge >= 0.3 is 5.97 Å². The molecule has 116 valence electrons. The molecule has 0 bridgehead atoms. The van der Waals surface area contributed by atoms with E-state index in [0.29, 0.717) is 18.6 Å². The molecule has 2 rings (SSSR count). The van der Waals surface area contributed by atoms with Crippen molar-refractivity contribution in [2.45, 2.75) is 46.3 Å². The lowest BCUT2D eigenvalue weighted by Crippen LogP contribution is -2.36. The molecule has 0 radical (unpaired) electrons. The molecule has 1 unspecified atom stereocenters. The van der Waals surface area contributed by atoms with Crippen molar-refractivity contribution in [2.75, 3.05) is 13.1 Å². The van der Waals surface area contributed by atoms with Gasteiger partial charge in [-0.1, -0.05) is 51.1 Å². The van der Waals surface area contributed by atoms with Crippen LogP contribution < -0.4 is 0 Å². The maximum atomic E-state index is 12.1. The highest BCUT2D eigenvalue weighted by Gasteiger charge is 2.31. The standard InChI is InChI=1S/C18H27NO2/c1-14(2)11-19(17-9-10-17)12-15(3)18(20)21-13-16-7-5-4-6-8-16/h4-8,14-15,17H,9-13H2,1-3H3. The first-order valence-electron chi connectivity index (χ1n) is 8.01. The zero-order valence-corrected chi connectivity index (χ0v) is 13.4. The largest absolute Gasteiger partial charge is 0.461 e. The molecule has 21 heavy (non-hydrogen) atoms. The molecule has 3 nitrogen and oxygen atoms in total. The van der Waals surface area contributed by atoms with E-state index in [-0.39, 0.29) is 11.9 Å². The van der Waals surface area contributed by atoms with E-state index in [1.54, 1.807) is 0 Å². The Hall–Kier alpha value is -1.35. The van der Waals surface area contributed by atoms with Gasteiger partial charge in [0, 0.05) is 19.1 Å². The fraction of sp³-hybridized carbons (Fsp3) is 0.611. The third-order valence-electron chi connectivity index (χ3n) is 3.80. The minimum atomic E-state index is -0.0896. The second kappa shape index (κ2) is 7.60. The molecule has 3 heteroatoms. The maximum Gasteiger partial charge on any atom is 0.310 e. The van der Waals surface area contributed by atoms with E-state index in [1.807, 2.05) is 37.3 Å². The summed E-state index contributed by atoms with van der Waals surface area (Å²) in [6.07, 6.45) is 2.55. The van der Waals surface area contributed by atoms with Crippen LogP contribution in [0.25, 0.3) is 0 Å². The SMILES string of the molecule is CC(C)CN(CC(C)C(=O)OCc1ccccc1)C1CC1. The summed E-state index contributed by atoms with van der Waals surface area (Å²) in [6.45, 7) is 8.69. The zero-order valence-electron chi connectivity index (χ0n) is 13.4. The Bertz CT molecular complexity index is 440. The molecular formula is C18H27NO2. The third kappa shape index (κ3) is 5.50. The van der Waals surface area contributed by atoms with E-state index in [4.69, 9.17) is 4.74 Å². The Balaban J connectivity index is 1.78. The third-order valence-corrected chi connectivity index (χ3v) is 3.80. The second-order valence-electron chi connectivity index (χ2n) is 6.57. The van der Waals surface area contributed by atoms with Crippen molar-refractivity contribution >= 4 is 5.97 Å². The summed E-state index contributed by atoms with van der Waals surface area (Å²) in [6, 6.07) is 10.5. The summed E-state index contributed by atoms with van der Waals surface area (Å²) in [7, 11) is 0. The number of benzene rings is 1. The van der Waals surface area contributed by atoms with E-state index in [9.17, 15) is 4.79 Å². The molecule has 0 heterocycles. The van der Waals surface area contributed by atoms with Crippen LogP contribution in [-0.2, 0) is 16.1 Å². The second-order valence-corrected chi connectivity index (χ2v) is 6.57. The minimum absolute atomic E-state index is 0.0620. The monoisotopic (exact) mass is 289 g/mol. The quantitative estimate of drug-likeness (QED) is 0.686. The summed E-state index contributed by atoms with van der Waals surface area (Å²) in [4.78, 5) is 14.6. The minimum Gasteiger partial charge on any atom is -0.461 e. The fourth-order valence-corrected chi connectivity index (χ4v) is 2.58. The number of nitrogens with zero attached hydrogens (tertiary/aromatic N) is 1. The topological polar surface area (TPSA) is 29.5 Å². The van der Waals surface area contributed by atoms with Gasteiger partial charge in [-0.2, -0.15) is 0 Å². The van der Waals surface area contributed by atoms with E-state index in [0.717, 1.165) is 18.7 Å². The normalized spacial score (nSPS) is 16.2. The van der Waals surface area contributed by atoms with Gasteiger partial charge in [-0.25, -0.2) is 0 Å². The number of carbonyl (C=O) groups is 1. The predicted octanol–water partition coefficient (Wildman–Crippen LogP) is 3.49. The van der Waals surface area contributed by atoms with Crippen molar-refractivity contribution in [2.24, 2.45) is 11.8 Å². The van der Waals surface area contributed by atoms with Gasteiger partial charge in [-0.05, 0) is 24.3 Å². The van der Waals surface area contributed by atoms with Gasteiger partial charge in [0.1, 0.15) is 6.61 Å². The van der Waals surface area contributed by atoms with Gasteiger partial charge in [0.15, 0.2) is 0 Å². The van der Waals surface area contributed by atoms with Crippen molar-refractivity contribution in [3.8, 4) is 0 Å². The first kappa shape index (κ1) is 16.0. The molecule has 1 fully saturated rings. The van der Waals surface area contributed by atoms with Crippen LogP contribution in [0.2, 0.25) is 0 Å². The summed E-state index contributed by atoms with van der Waals surface area (Å²) in [5.74, 6) is 0.486. The summed E-state index contributed by atoms with van der Waals surface area (Å²) >= 11 is 0. The van der Waals surface area contributed by atoms with Crippen LogP contribution in [-0.4, -0.2) is 30.0 Å². The average molecular weight is 289 g/mol. The van der Waals surface area contributed by atoms with Crippen molar-refractivity contribution in [1.82, 2.24) is 4.90 Å². The number of ether oxygens (including phenoxy) is 1. The first-order valence-corrected chi connectivity index (χ1v) is 8.01. The van der Waals surface area contributed by atoms with Gasteiger partial charge in [0.2, 0.25) is 0 Å². The molecule has 1 aliphatic carbocycles. The Morgan fingerprint density at radius 1 is 1.19 bits per heavy atom. The molecule has 1 saturated carbocycles. The number of rotatable bonds is 8. The Morgan fingerprint density at radius 3 is 2.43 bits per heavy atom. The van der Waals surface area contributed by atoms with Crippen LogP contribution in [0, 0.1) is 11.8 Å². The van der Waals surface area contributed by atoms with Crippen molar-refractivity contribution in [3.05, 3.63) is 35.9 Å². The highest BCUT2D eigenvalue weighted by molar-refractivity contribution is 5.72. The predicted molar refractivity (Wildman–Crippen MR) is 84.8 cm³/mol. The van der Waals surface area contributed by atoms with Gasteiger partial charge in [-0.3, -0.25) is 9.69 Å². The van der Waals surface area contributed by atoms with Crippen LogP contribution in [0.15, 0.2) is 30.3 Å². The molecular weight excluding hydrogens is 262 g/mol. The van der Waals surface area contributed by atoms with Crippen LogP contribution in [0.4, 0.5) is 0 Å². The van der Waals surface area contributed by atoms with Crippen LogP contribution in [0.1, 0.15) is 39.2 Å². The van der Waals surface area contributed by atoms with Crippen LogP contribution in [0.5, 0.6) is 0 Å². The molecule has 0 N–H and O–H groups in total. The van der Waals surface area contributed by atoms with E-state index in [2.05, 4.69) is 18.7 Å². The molecule has 0 spiro atoms. The molecule has 1 aromatic carbocycles. The number of esters is 1. The van der Waals surface area contributed by atoms with Crippen molar-refractivity contribution in [3.63, 3.8) is 0 Å². The number of carbonyl (C=O) groups excluding carboxylic acids is 1. The number of hydrogen-bond acceptors (Lipinski definition) is 3. The smallest absolute Gasteiger partial charge is 0.310 e. The lowest BCUT2D eigenvalue weighted by molar-refractivity contribution is -0.150. The van der Waals surface area contributed by atoms with E-state index < -0.39 is 0 Å². The summed E-state index contributed by atoms with van der Waals surface area (Å²) < 4.78 is 5.43. The Labute approximate surface area is 128 Å². The van der Waals surface area contributed by atoms with Gasteiger partial charge in [-0.15, -0.1) is 0 Å². The molecule has 0 amide bonds.